The molecule has 0 amide bonds. The first-order valence-corrected chi connectivity index (χ1v) is 5.86. The predicted molar refractivity (Wildman–Crippen MR) is 79.4 cm³/mol. The van der Waals surface area contributed by atoms with Crippen molar-refractivity contribution in [1.29, 1.82) is 0 Å². The van der Waals surface area contributed by atoms with Gasteiger partial charge in [-0.25, -0.2) is 0 Å². The van der Waals surface area contributed by atoms with E-state index in [1.165, 1.54) is 7.17 Å². The van der Waals surface area contributed by atoms with E-state index in [9.17, 15) is 0 Å². The Kier molecular flexibility index (Phi) is 2.82. The summed E-state index contributed by atoms with van der Waals surface area (Å²) in [4.78, 5) is 9.16. The van der Waals surface area contributed by atoms with Crippen LogP contribution < -0.4 is 11.2 Å². The molecule has 0 aliphatic rings. The number of benzene rings is 1. The number of rotatable bonds is 2. The van der Waals surface area contributed by atoms with Gasteiger partial charge in [-0.3, -0.25) is 9.97 Å². The zero-order chi connectivity index (χ0) is 12.5. The van der Waals surface area contributed by atoms with Gasteiger partial charge in [-0.2, -0.15) is 0 Å². The average Bonchev–Trinajstić information content (AvgIpc) is 2.45. The summed E-state index contributed by atoms with van der Waals surface area (Å²) >= 11 is 0. The molecule has 2 heterocycles. The molecule has 0 atom stereocenters. The molecule has 3 rings (SSSR count). The quantitative estimate of drug-likeness (QED) is 0.471. The summed E-state index contributed by atoms with van der Waals surface area (Å²) in [6, 6.07) is 12.1. The molecule has 0 aliphatic carbocycles. The van der Waals surface area contributed by atoms with Crippen molar-refractivity contribution in [1.82, 2.24) is 9.97 Å². The van der Waals surface area contributed by atoms with Gasteiger partial charge >= 0.3 is 0 Å². The lowest BCUT2D eigenvalue weighted by Gasteiger charge is -2.06. The zero-order valence-corrected chi connectivity index (χ0v) is 10.1. The third-order valence-electron chi connectivity index (χ3n) is 3.03. The lowest BCUT2D eigenvalue weighted by Crippen LogP contribution is -2.19. The van der Waals surface area contributed by atoms with Crippen molar-refractivity contribution in [2.75, 3.05) is 0 Å². The van der Waals surface area contributed by atoms with E-state index in [1.54, 1.807) is 0 Å². The van der Waals surface area contributed by atoms with Crippen LogP contribution in [-0.4, -0.2) is 32.2 Å². The van der Waals surface area contributed by atoms with Crippen LogP contribution in [0.1, 0.15) is 0 Å². The van der Waals surface area contributed by atoms with E-state index in [-0.39, 0.29) is 0 Å². The monoisotopic (exact) mass is 226 g/mol. The maximum Gasteiger partial charge on any atom is 0.174 e. The number of nitrogens with zero attached hydrogens (tertiary/aromatic N) is 2. The molecule has 0 bridgehead atoms. The Labute approximate surface area is 109 Å². The van der Waals surface area contributed by atoms with Crippen molar-refractivity contribution >= 4 is 55.2 Å². The minimum Gasteiger partial charge on any atom is -0.262 e. The predicted octanol–water partition coefficient (Wildman–Crippen LogP) is 0.574. The van der Waals surface area contributed by atoms with Crippen LogP contribution >= 0.6 is 0 Å². The first kappa shape index (κ1) is 11.3. The van der Waals surface area contributed by atoms with E-state index < -0.39 is 0 Å². The van der Waals surface area contributed by atoms with E-state index in [1.807, 2.05) is 32.3 Å². The molecule has 0 saturated carbocycles. The van der Waals surface area contributed by atoms with E-state index in [4.69, 9.17) is 7.74 Å². The molecule has 5 heteroatoms. The fourth-order valence-corrected chi connectivity index (χ4v) is 2.05. The van der Waals surface area contributed by atoms with Gasteiger partial charge in [-0.05, 0) is 11.2 Å². The highest BCUT2D eigenvalue weighted by molar-refractivity contribution is 6.97. The van der Waals surface area contributed by atoms with Crippen LogP contribution in [-0.2, 0) is 0 Å². The molecule has 2 nitrogen and oxygen atoms in total. The summed E-state index contributed by atoms with van der Waals surface area (Å²) in [5.41, 5.74) is 3.55. The summed E-state index contributed by atoms with van der Waals surface area (Å²) < 4.78 is 0. The van der Waals surface area contributed by atoms with Crippen LogP contribution in [0, 0.1) is 0 Å². The fourth-order valence-electron chi connectivity index (χ4n) is 2.05. The van der Waals surface area contributed by atoms with E-state index in [0.717, 1.165) is 33.0 Å². The molecular weight excluding hydrogens is 217 g/mol. The summed E-state index contributed by atoms with van der Waals surface area (Å²) in [5, 5.41) is 2.17. The minimum absolute atomic E-state index is 0.766. The van der Waals surface area contributed by atoms with Crippen LogP contribution in [0.4, 0.5) is 0 Å². The van der Waals surface area contributed by atoms with Gasteiger partial charge in [0, 0.05) is 18.5 Å². The first-order valence-electron chi connectivity index (χ1n) is 5.86. The molecule has 1 aromatic carbocycles. The Hall–Kier alpha value is -1.77. The number of fused-ring (bicyclic) bond motifs is 3. The second-order valence-corrected chi connectivity index (χ2v) is 4.14. The molecule has 0 spiro atoms. The van der Waals surface area contributed by atoms with E-state index in [2.05, 4.69) is 28.2 Å². The number of hydrogen-bond acceptors (Lipinski definition) is 2. The molecule has 80 valence electrons. The largest absolute Gasteiger partial charge is 0.262 e. The summed E-state index contributed by atoms with van der Waals surface area (Å²) in [7, 11) is 9.02. The van der Waals surface area contributed by atoms with Gasteiger partial charge in [0.1, 0.15) is 7.17 Å². The molecule has 0 saturated heterocycles. The molecule has 0 fully saturated rings. The van der Waals surface area contributed by atoms with Gasteiger partial charge < -0.3 is 0 Å². The van der Waals surface area contributed by atoms with Crippen molar-refractivity contribution in [3.8, 4) is 0 Å². The lowest BCUT2D eigenvalue weighted by atomic mass is 9.53. The molecule has 3 aromatic rings. The van der Waals surface area contributed by atoms with Crippen LogP contribution in [0.5, 0.6) is 0 Å². The standard InChI is InChI=1S/C13H9B3N2/c1-15-10-6-4-8-2-3-9-5-7-11(16-14)18-13(9)12(8)17-10/h2-7H,1H3. The number of aromatic nitrogens is 2. The number of pyridine rings is 2. The zero-order valence-electron chi connectivity index (χ0n) is 10.1. The first-order chi connectivity index (χ1) is 8.81. The average molecular weight is 226 g/mol. The second kappa shape index (κ2) is 4.49. The fraction of sp³-hybridized carbons (Fsp3) is 0.0769. The molecule has 18 heavy (non-hydrogen) atoms. The van der Waals surface area contributed by atoms with E-state index in [0.29, 0.717) is 0 Å². The summed E-state index contributed by atoms with van der Waals surface area (Å²) in [6.45, 7) is 1.98. The Bertz CT molecular complexity index is 665. The normalized spacial score (nSPS) is 10.7. The van der Waals surface area contributed by atoms with Crippen molar-refractivity contribution < 1.29 is 0 Å². The van der Waals surface area contributed by atoms with Crippen molar-refractivity contribution in [2.45, 2.75) is 6.82 Å². The highest BCUT2D eigenvalue weighted by Gasteiger charge is 2.05. The number of hydrogen-bond donors (Lipinski definition) is 0. The van der Waals surface area contributed by atoms with Gasteiger partial charge in [0.2, 0.25) is 0 Å². The molecule has 0 aliphatic heterocycles. The third-order valence-corrected chi connectivity index (χ3v) is 3.03. The minimum atomic E-state index is 0.766. The van der Waals surface area contributed by atoms with Crippen LogP contribution in [0.25, 0.3) is 21.8 Å². The van der Waals surface area contributed by atoms with Crippen LogP contribution in [0.2, 0.25) is 6.82 Å². The van der Waals surface area contributed by atoms with Gasteiger partial charge in [-0.1, -0.05) is 43.2 Å². The van der Waals surface area contributed by atoms with Crippen molar-refractivity contribution in [3.05, 3.63) is 36.4 Å². The van der Waals surface area contributed by atoms with Gasteiger partial charge in [-0.15, -0.1) is 0 Å². The lowest BCUT2D eigenvalue weighted by molar-refractivity contribution is 1.44. The molecule has 2 aromatic heterocycles. The van der Waals surface area contributed by atoms with Crippen LogP contribution in [0.15, 0.2) is 36.4 Å². The topological polar surface area (TPSA) is 25.8 Å². The maximum atomic E-state index is 5.53. The van der Waals surface area contributed by atoms with Crippen LogP contribution in [0.3, 0.4) is 0 Å². The highest BCUT2D eigenvalue weighted by atomic mass is 14.7. The van der Waals surface area contributed by atoms with E-state index >= 15 is 0 Å². The van der Waals surface area contributed by atoms with Crippen molar-refractivity contribution in [3.63, 3.8) is 0 Å². The Morgan fingerprint density at radius 1 is 0.833 bits per heavy atom. The Morgan fingerprint density at radius 2 is 1.33 bits per heavy atom. The van der Waals surface area contributed by atoms with Gasteiger partial charge in [0.05, 0.1) is 11.0 Å². The van der Waals surface area contributed by atoms with Gasteiger partial charge in [0.15, 0.2) is 7.28 Å². The van der Waals surface area contributed by atoms with Gasteiger partial charge in [0.25, 0.3) is 0 Å². The smallest absolute Gasteiger partial charge is 0.174 e. The second-order valence-electron chi connectivity index (χ2n) is 4.14. The summed E-state index contributed by atoms with van der Waals surface area (Å²) in [6.07, 6.45) is 0. The highest BCUT2D eigenvalue weighted by Crippen LogP contribution is 2.19. The molecule has 4 radical (unpaired) electrons. The Balaban J connectivity index is 2.40. The SMILES string of the molecule is [B][B]c1ccc2ccc3ccc([B]C)nc3c2n1. The third kappa shape index (κ3) is 1.80. The Morgan fingerprint density at radius 3 is 1.89 bits per heavy atom. The van der Waals surface area contributed by atoms with Crippen molar-refractivity contribution in [2.24, 2.45) is 0 Å². The molecule has 0 N–H and O–H groups in total. The molecule has 0 unspecified atom stereocenters. The maximum absolute atomic E-state index is 5.53. The summed E-state index contributed by atoms with van der Waals surface area (Å²) in [5.74, 6) is 0. The molecular formula is C13H9B3N2.